The Morgan fingerprint density at radius 3 is 2.68 bits per heavy atom. The fraction of sp³-hybridized carbons (Fsp3) is 0.167. The van der Waals surface area contributed by atoms with Gasteiger partial charge in [-0.25, -0.2) is 0 Å². The van der Waals surface area contributed by atoms with Crippen LogP contribution in [-0.2, 0) is 4.79 Å². The zero-order valence-electron chi connectivity index (χ0n) is 11.8. The molecule has 4 rings (SSSR count). The summed E-state index contributed by atoms with van der Waals surface area (Å²) in [6, 6.07) is 5.98. The lowest BCUT2D eigenvalue weighted by atomic mass is 10.0. The molecule has 1 saturated carbocycles. The van der Waals surface area contributed by atoms with Crippen molar-refractivity contribution in [1.29, 1.82) is 0 Å². The molecule has 1 aromatic rings. The van der Waals surface area contributed by atoms with Crippen molar-refractivity contribution in [3.8, 4) is 5.75 Å². The average molecular weight is 293 g/mol. The van der Waals surface area contributed by atoms with E-state index in [1.807, 2.05) is 12.2 Å². The number of hydrogen-bond acceptors (Lipinski definition) is 3. The first-order valence-electron chi connectivity index (χ1n) is 7.25. The number of phenolic OH excluding ortho intramolecular Hbond substituents is 1. The molecule has 0 heterocycles. The van der Waals surface area contributed by atoms with Crippen LogP contribution >= 0.6 is 0 Å². The molecule has 1 aromatic carbocycles. The number of carbonyl (C=O) groups excluding carboxylic acids is 1. The lowest BCUT2D eigenvalue weighted by Crippen LogP contribution is -2.31. The van der Waals surface area contributed by atoms with Gasteiger partial charge >= 0.3 is 0 Å². The van der Waals surface area contributed by atoms with Crippen LogP contribution in [0.15, 0.2) is 70.4 Å². The summed E-state index contributed by atoms with van der Waals surface area (Å²) in [6.45, 7) is -0.197. The fourth-order valence-electron chi connectivity index (χ4n) is 3.01. The molecule has 110 valence electrons. The largest absolute Gasteiger partial charge is 0.508 e. The number of carbonyl (C=O) groups is 1. The summed E-state index contributed by atoms with van der Waals surface area (Å²) >= 11 is 0. The number of amides is 1. The molecule has 1 fully saturated rings. The van der Waals surface area contributed by atoms with Crippen molar-refractivity contribution in [2.45, 2.75) is 12.5 Å². The van der Waals surface area contributed by atoms with Gasteiger partial charge < -0.3 is 15.5 Å². The maximum absolute atomic E-state index is 12.5. The molecular formula is C18H15NO3. The standard InChI is InChI=1S/C18H15NO3/c20-9-17(10-1-3-12(21)4-2-10)19-18(22)14-6-5-13-15-7-11(15)8-16(13)14/h1-6,8,17,20-21H,7,9H2,(H,19,22)/t17-/m0/s1. The van der Waals surface area contributed by atoms with Crippen LogP contribution in [-0.4, -0.2) is 22.7 Å². The Kier molecular flexibility index (Phi) is 2.81. The summed E-state index contributed by atoms with van der Waals surface area (Å²) < 4.78 is 0. The quantitative estimate of drug-likeness (QED) is 0.795. The van der Waals surface area contributed by atoms with Crippen molar-refractivity contribution in [3.63, 3.8) is 0 Å². The monoisotopic (exact) mass is 293 g/mol. The van der Waals surface area contributed by atoms with Gasteiger partial charge in [0.25, 0.3) is 5.91 Å². The molecule has 1 amide bonds. The van der Waals surface area contributed by atoms with Gasteiger partial charge in [-0.1, -0.05) is 18.2 Å². The Bertz CT molecular complexity index is 794. The molecule has 0 aliphatic heterocycles. The van der Waals surface area contributed by atoms with E-state index in [-0.39, 0.29) is 18.3 Å². The SMILES string of the molecule is O=C(N[C@@H](CO)c1ccc(O)cc1)C1=C2C=C3CC3=C2C=C1. The molecule has 0 unspecified atom stereocenters. The number of rotatable bonds is 4. The molecule has 0 saturated heterocycles. The van der Waals surface area contributed by atoms with Gasteiger partial charge in [-0.15, -0.1) is 0 Å². The molecule has 0 radical (unpaired) electrons. The molecule has 0 spiro atoms. The smallest absolute Gasteiger partial charge is 0.252 e. The normalized spacial score (nSPS) is 19.0. The zero-order chi connectivity index (χ0) is 15.3. The van der Waals surface area contributed by atoms with Gasteiger partial charge in [-0.05, 0) is 58.6 Å². The molecule has 3 aliphatic carbocycles. The van der Waals surface area contributed by atoms with Crippen molar-refractivity contribution in [1.82, 2.24) is 5.32 Å². The predicted octanol–water partition coefficient (Wildman–Crippen LogP) is 2.05. The van der Waals surface area contributed by atoms with Crippen LogP contribution in [0.25, 0.3) is 0 Å². The number of aliphatic hydroxyl groups is 1. The molecular weight excluding hydrogens is 278 g/mol. The number of phenols is 1. The summed E-state index contributed by atoms with van der Waals surface area (Å²) in [4.78, 5) is 12.5. The Hall–Kier alpha value is -2.59. The maximum Gasteiger partial charge on any atom is 0.252 e. The van der Waals surface area contributed by atoms with E-state index in [2.05, 4.69) is 11.4 Å². The van der Waals surface area contributed by atoms with Crippen molar-refractivity contribution in [2.75, 3.05) is 6.61 Å². The molecule has 0 bridgehead atoms. The van der Waals surface area contributed by atoms with E-state index in [1.165, 1.54) is 16.7 Å². The molecule has 3 N–H and O–H groups in total. The third-order valence-electron chi connectivity index (χ3n) is 4.30. The highest BCUT2D eigenvalue weighted by molar-refractivity contribution is 6.02. The van der Waals surface area contributed by atoms with Crippen LogP contribution < -0.4 is 5.32 Å². The van der Waals surface area contributed by atoms with Gasteiger partial charge in [0.15, 0.2) is 0 Å². The molecule has 1 atom stereocenters. The first kappa shape index (κ1) is 13.1. The number of allylic oxidation sites excluding steroid dienone is 6. The number of hydrogen-bond donors (Lipinski definition) is 3. The summed E-state index contributed by atoms with van der Waals surface area (Å²) in [5.41, 5.74) is 6.26. The first-order valence-corrected chi connectivity index (χ1v) is 7.25. The minimum absolute atomic E-state index is 0.156. The number of aliphatic hydroxyl groups excluding tert-OH is 1. The van der Waals surface area contributed by atoms with Gasteiger partial charge in [0.1, 0.15) is 5.75 Å². The minimum atomic E-state index is -0.491. The van der Waals surface area contributed by atoms with E-state index in [0.29, 0.717) is 5.57 Å². The Morgan fingerprint density at radius 1 is 1.18 bits per heavy atom. The highest BCUT2D eigenvalue weighted by Crippen LogP contribution is 2.51. The van der Waals surface area contributed by atoms with Gasteiger partial charge in [0, 0.05) is 5.57 Å². The Balaban J connectivity index is 1.56. The lowest BCUT2D eigenvalue weighted by molar-refractivity contribution is -0.118. The summed E-state index contributed by atoms with van der Waals surface area (Å²) in [5.74, 6) is -0.0318. The van der Waals surface area contributed by atoms with Crippen molar-refractivity contribution < 1.29 is 15.0 Å². The van der Waals surface area contributed by atoms with Gasteiger partial charge in [0.2, 0.25) is 0 Å². The van der Waals surface area contributed by atoms with E-state index < -0.39 is 6.04 Å². The first-order chi connectivity index (χ1) is 10.7. The van der Waals surface area contributed by atoms with E-state index >= 15 is 0 Å². The summed E-state index contributed by atoms with van der Waals surface area (Å²) in [6.07, 6.45) is 6.95. The highest BCUT2D eigenvalue weighted by atomic mass is 16.3. The Morgan fingerprint density at radius 2 is 1.95 bits per heavy atom. The maximum atomic E-state index is 12.5. The number of aromatic hydroxyl groups is 1. The van der Waals surface area contributed by atoms with Crippen molar-refractivity contribution in [3.05, 3.63) is 75.9 Å². The summed E-state index contributed by atoms with van der Waals surface area (Å²) in [5, 5.41) is 21.7. The highest BCUT2D eigenvalue weighted by Gasteiger charge is 2.35. The van der Waals surface area contributed by atoms with E-state index in [9.17, 15) is 15.0 Å². The molecule has 4 heteroatoms. The van der Waals surface area contributed by atoms with E-state index in [0.717, 1.165) is 17.6 Å². The number of nitrogens with one attached hydrogen (secondary N) is 1. The topological polar surface area (TPSA) is 69.6 Å². The predicted molar refractivity (Wildman–Crippen MR) is 82.0 cm³/mol. The van der Waals surface area contributed by atoms with Crippen LogP contribution in [0.1, 0.15) is 18.0 Å². The number of fused-ring (bicyclic) bond motifs is 2. The second-order valence-corrected chi connectivity index (χ2v) is 5.70. The van der Waals surface area contributed by atoms with E-state index in [4.69, 9.17) is 0 Å². The molecule has 22 heavy (non-hydrogen) atoms. The van der Waals surface area contributed by atoms with Crippen molar-refractivity contribution >= 4 is 5.91 Å². The lowest BCUT2D eigenvalue weighted by Gasteiger charge is -2.17. The minimum Gasteiger partial charge on any atom is -0.508 e. The fourth-order valence-corrected chi connectivity index (χ4v) is 3.01. The zero-order valence-corrected chi connectivity index (χ0v) is 11.8. The van der Waals surface area contributed by atoms with Crippen molar-refractivity contribution in [2.24, 2.45) is 0 Å². The molecule has 4 nitrogen and oxygen atoms in total. The van der Waals surface area contributed by atoms with Crippen LogP contribution in [0.3, 0.4) is 0 Å². The van der Waals surface area contributed by atoms with Crippen LogP contribution in [0.2, 0.25) is 0 Å². The third-order valence-corrected chi connectivity index (χ3v) is 4.30. The second-order valence-electron chi connectivity index (χ2n) is 5.70. The van der Waals surface area contributed by atoms with E-state index in [1.54, 1.807) is 24.3 Å². The molecule has 3 aliphatic rings. The number of benzene rings is 1. The van der Waals surface area contributed by atoms with Crippen LogP contribution in [0.4, 0.5) is 0 Å². The summed E-state index contributed by atoms with van der Waals surface area (Å²) in [7, 11) is 0. The molecule has 0 aromatic heterocycles. The average Bonchev–Trinajstić information content (AvgIpc) is 3.00. The Labute approximate surface area is 127 Å². The van der Waals surface area contributed by atoms with Gasteiger partial charge in [-0.2, -0.15) is 0 Å². The van der Waals surface area contributed by atoms with Gasteiger partial charge in [-0.3, -0.25) is 4.79 Å². The van der Waals surface area contributed by atoms with Crippen LogP contribution in [0.5, 0.6) is 5.75 Å². The van der Waals surface area contributed by atoms with Crippen LogP contribution in [0, 0.1) is 0 Å². The third kappa shape index (κ3) is 2.00. The van der Waals surface area contributed by atoms with Gasteiger partial charge in [0.05, 0.1) is 12.6 Å². The second kappa shape index (κ2) is 4.71.